The third kappa shape index (κ3) is 7.04. The number of ether oxygens (including phenoxy) is 1. The van der Waals surface area contributed by atoms with Crippen LogP contribution in [0, 0.1) is 6.92 Å². The molecule has 1 aliphatic heterocycles. The number of hydrogen-bond donors (Lipinski definition) is 3. The van der Waals surface area contributed by atoms with E-state index in [4.69, 9.17) is 4.74 Å². The highest BCUT2D eigenvalue weighted by molar-refractivity contribution is 7.92. The molecule has 0 saturated carbocycles. The number of carbonyl (C=O) groups is 1. The molecule has 1 saturated heterocycles. The number of piperidine rings is 1. The first kappa shape index (κ1) is 32.2. The molecule has 0 aliphatic carbocycles. The van der Waals surface area contributed by atoms with Crippen molar-refractivity contribution in [1.29, 1.82) is 0 Å². The molecule has 5 rings (SSSR count). The molecule has 1 aliphatic rings. The van der Waals surface area contributed by atoms with Gasteiger partial charge in [-0.05, 0) is 74.9 Å². The minimum atomic E-state index is -3.56. The maximum absolute atomic E-state index is 13.1. The van der Waals surface area contributed by atoms with E-state index in [-0.39, 0.29) is 16.8 Å². The molecular formula is C32H42N8O4S. The van der Waals surface area contributed by atoms with Gasteiger partial charge in [-0.2, -0.15) is 19.6 Å². The van der Waals surface area contributed by atoms with Crippen LogP contribution in [-0.4, -0.2) is 76.8 Å². The lowest BCUT2D eigenvalue weighted by Gasteiger charge is -2.33. The van der Waals surface area contributed by atoms with Gasteiger partial charge in [0.15, 0.2) is 15.5 Å². The number of likely N-dealkylation sites (tertiary alicyclic amines) is 1. The molecule has 4 aromatic rings. The van der Waals surface area contributed by atoms with Gasteiger partial charge in [-0.25, -0.2) is 8.42 Å². The van der Waals surface area contributed by atoms with Gasteiger partial charge in [0.2, 0.25) is 17.8 Å². The van der Waals surface area contributed by atoms with Gasteiger partial charge in [0.1, 0.15) is 5.75 Å². The Morgan fingerprint density at radius 3 is 2.44 bits per heavy atom. The number of aromatic nitrogens is 4. The molecule has 1 amide bonds. The van der Waals surface area contributed by atoms with E-state index in [1.54, 1.807) is 57.5 Å². The van der Waals surface area contributed by atoms with Crippen LogP contribution in [0.15, 0.2) is 53.6 Å². The van der Waals surface area contributed by atoms with Gasteiger partial charge in [-0.1, -0.05) is 26.0 Å². The van der Waals surface area contributed by atoms with E-state index in [2.05, 4.69) is 44.0 Å². The van der Waals surface area contributed by atoms with Crippen molar-refractivity contribution < 1.29 is 17.9 Å². The van der Waals surface area contributed by atoms with E-state index in [9.17, 15) is 13.2 Å². The van der Waals surface area contributed by atoms with Gasteiger partial charge in [-0.3, -0.25) is 4.79 Å². The van der Waals surface area contributed by atoms with Crippen molar-refractivity contribution >= 4 is 44.7 Å². The zero-order valence-corrected chi connectivity index (χ0v) is 27.5. The predicted molar refractivity (Wildman–Crippen MR) is 176 cm³/mol. The van der Waals surface area contributed by atoms with Gasteiger partial charge in [0.05, 0.1) is 41.4 Å². The summed E-state index contributed by atoms with van der Waals surface area (Å²) in [6.45, 7) is 11.3. The first-order valence-electron chi connectivity index (χ1n) is 15.3. The number of para-hydroxylation sites is 1. The summed E-state index contributed by atoms with van der Waals surface area (Å²) >= 11 is 0. The van der Waals surface area contributed by atoms with Crippen LogP contribution in [0.4, 0.5) is 23.3 Å². The topological polar surface area (TPSA) is 143 Å². The number of hydrogen-bond acceptors (Lipinski definition) is 10. The summed E-state index contributed by atoms with van der Waals surface area (Å²) in [5, 5.41) is 13.4. The maximum Gasteiger partial charge on any atom is 0.236 e. The highest BCUT2D eigenvalue weighted by atomic mass is 32.2. The molecule has 1 fully saturated rings. The Bertz CT molecular complexity index is 1780. The van der Waals surface area contributed by atoms with Crippen molar-refractivity contribution in [2.24, 2.45) is 0 Å². The summed E-state index contributed by atoms with van der Waals surface area (Å²) < 4.78 is 33.4. The van der Waals surface area contributed by atoms with Gasteiger partial charge in [0.25, 0.3) is 0 Å². The van der Waals surface area contributed by atoms with E-state index in [1.165, 1.54) is 10.1 Å². The van der Waals surface area contributed by atoms with Crippen molar-refractivity contribution in [2.45, 2.75) is 69.6 Å². The zero-order valence-electron chi connectivity index (χ0n) is 26.7. The zero-order chi connectivity index (χ0) is 32.3. The second-order valence-corrected chi connectivity index (χ2v) is 14.4. The summed E-state index contributed by atoms with van der Waals surface area (Å²) in [6, 6.07) is 12.9. The van der Waals surface area contributed by atoms with Crippen LogP contribution in [0.1, 0.15) is 57.6 Å². The average molecular weight is 635 g/mol. The van der Waals surface area contributed by atoms with Gasteiger partial charge in [0, 0.05) is 25.2 Å². The van der Waals surface area contributed by atoms with Gasteiger partial charge in [-0.15, -0.1) is 0 Å². The molecule has 0 bridgehead atoms. The second kappa shape index (κ2) is 13.4. The van der Waals surface area contributed by atoms with Crippen LogP contribution in [0.5, 0.6) is 5.75 Å². The number of amides is 1. The van der Waals surface area contributed by atoms with Crippen LogP contribution < -0.4 is 20.7 Å². The molecule has 45 heavy (non-hydrogen) atoms. The lowest BCUT2D eigenvalue weighted by Crippen LogP contribution is -2.43. The highest BCUT2D eigenvalue weighted by Gasteiger charge is 2.26. The number of methoxy groups -OCH3 is 1. The van der Waals surface area contributed by atoms with E-state index in [0.29, 0.717) is 47.1 Å². The van der Waals surface area contributed by atoms with Crippen molar-refractivity contribution in [2.75, 3.05) is 37.4 Å². The van der Waals surface area contributed by atoms with E-state index in [0.717, 1.165) is 31.5 Å². The highest BCUT2D eigenvalue weighted by Crippen LogP contribution is 2.37. The number of rotatable bonds is 11. The second-order valence-electron chi connectivity index (χ2n) is 11.9. The smallest absolute Gasteiger partial charge is 0.236 e. The first-order valence-corrected chi connectivity index (χ1v) is 16.8. The largest absolute Gasteiger partial charge is 0.495 e. The fourth-order valence-electron chi connectivity index (χ4n) is 5.53. The molecule has 2 aromatic heterocycles. The van der Waals surface area contributed by atoms with Crippen molar-refractivity contribution in [1.82, 2.24) is 29.8 Å². The predicted octanol–water partition coefficient (Wildman–Crippen LogP) is 4.81. The third-order valence-electron chi connectivity index (χ3n) is 8.10. The molecule has 240 valence electrons. The summed E-state index contributed by atoms with van der Waals surface area (Å²) in [5.74, 6) is 1.70. The number of sulfone groups is 1. The quantitative estimate of drug-likeness (QED) is 0.210. The molecule has 3 N–H and O–H groups in total. The SMILES string of the molecule is COc1cc(C2CCN(C(=O)CNC(C)C)CC2)c(C)cc1Nc1nc(Nc2ccccc2S(=O)(=O)C(C)C)n2nccc2n1. The minimum Gasteiger partial charge on any atom is -0.495 e. The maximum atomic E-state index is 13.1. The Morgan fingerprint density at radius 2 is 1.76 bits per heavy atom. The Balaban J connectivity index is 1.38. The summed E-state index contributed by atoms with van der Waals surface area (Å²) in [7, 11) is -1.93. The number of anilines is 4. The van der Waals surface area contributed by atoms with Crippen molar-refractivity contribution in [3.63, 3.8) is 0 Å². The van der Waals surface area contributed by atoms with Crippen molar-refractivity contribution in [3.8, 4) is 5.75 Å². The van der Waals surface area contributed by atoms with E-state index < -0.39 is 15.1 Å². The average Bonchev–Trinajstić information content (AvgIpc) is 3.49. The van der Waals surface area contributed by atoms with Crippen LogP contribution >= 0.6 is 0 Å². The number of fused-ring (bicyclic) bond motifs is 1. The normalized spacial score (nSPS) is 14.4. The Morgan fingerprint density at radius 1 is 1.02 bits per heavy atom. The lowest BCUT2D eigenvalue weighted by atomic mass is 9.86. The molecule has 2 aromatic carbocycles. The Hall–Kier alpha value is -4.23. The monoisotopic (exact) mass is 634 g/mol. The molecule has 3 heterocycles. The molecule has 0 unspecified atom stereocenters. The lowest BCUT2D eigenvalue weighted by molar-refractivity contribution is -0.131. The summed E-state index contributed by atoms with van der Waals surface area (Å²) in [4.78, 5) is 24.0. The van der Waals surface area contributed by atoms with Gasteiger partial charge >= 0.3 is 0 Å². The fraction of sp³-hybridized carbons (Fsp3) is 0.438. The number of aryl methyl sites for hydroxylation is 1. The molecule has 0 atom stereocenters. The molecule has 12 nitrogen and oxygen atoms in total. The van der Waals surface area contributed by atoms with Crippen LogP contribution in [0.2, 0.25) is 0 Å². The number of carbonyl (C=O) groups excluding carboxylic acids is 1. The van der Waals surface area contributed by atoms with Gasteiger partial charge < -0.3 is 25.6 Å². The minimum absolute atomic E-state index is 0.144. The van der Waals surface area contributed by atoms with Crippen molar-refractivity contribution in [3.05, 3.63) is 59.8 Å². The van der Waals surface area contributed by atoms with Crippen LogP contribution in [0.25, 0.3) is 5.65 Å². The van der Waals surface area contributed by atoms with Crippen LogP contribution in [0.3, 0.4) is 0 Å². The molecule has 0 spiro atoms. The fourth-order valence-corrected chi connectivity index (χ4v) is 6.73. The molecule has 0 radical (unpaired) electrons. The van der Waals surface area contributed by atoms with E-state index in [1.807, 2.05) is 24.8 Å². The summed E-state index contributed by atoms with van der Waals surface area (Å²) in [6.07, 6.45) is 3.37. The Labute approximate surface area is 264 Å². The molecule has 13 heteroatoms. The van der Waals surface area contributed by atoms with E-state index >= 15 is 0 Å². The first-order chi connectivity index (χ1) is 21.5. The number of benzene rings is 2. The third-order valence-corrected chi connectivity index (χ3v) is 10.3. The Kier molecular flexibility index (Phi) is 9.59. The number of nitrogens with one attached hydrogen (secondary N) is 3. The van der Waals surface area contributed by atoms with Crippen LogP contribution in [-0.2, 0) is 14.6 Å². The standard InChI is InChI=1S/C32H42N8O4S/c1-20(2)33-19-30(41)39-15-12-23(13-16-39)24-18-27(44-6)26(17-22(24)5)35-31-37-29-11-14-34-40(29)32(38-31)36-25-9-7-8-10-28(25)45(42,43)21(3)4/h7-11,14,17-18,20-21,23,33H,12-13,15-16,19H2,1-6H3,(H2,35,36,37,38). The molecular weight excluding hydrogens is 592 g/mol. The number of nitrogens with zero attached hydrogens (tertiary/aromatic N) is 5. The summed E-state index contributed by atoms with van der Waals surface area (Å²) in [5.41, 5.74) is 3.91.